The smallest absolute Gasteiger partial charge is 0.226 e. The maximum absolute atomic E-state index is 12.6. The summed E-state index contributed by atoms with van der Waals surface area (Å²) >= 11 is 0. The molecule has 1 unspecified atom stereocenters. The molecule has 0 spiro atoms. The van der Waals surface area contributed by atoms with E-state index in [1.165, 1.54) is 12.7 Å². The van der Waals surface area contributed by atoms with E-state index in [-0.39, 0.29) is 11.8 Å². The average molecular weight is 397 g/mol. The third-order valence-corrected chi connectivity index (χ3v) is 4.84. The molecule has 0 bridgehead atoms. The maximum atomic E-state index is 12.6. The Morgan fingerprint density at radius 3 is 3.00 bits per heavy atom. The van der Waals surface area contributed by atoms with Gasteiger partial charge in [-0.15, -0.1) is 0 Å². The summed E-state index contributed by atoms with van der Waals surface area (Å²) in [6.07, 6.45) is 7.78. The standard InChI is InChI=1S/C18H23N9O2/c1-13-24-17(29-25-13)5-2-6-20-18(28)14-4-3-7-26(9-14)15-8-16(22-11-21-15)27-12-19-10-23-27/h8,10-12,14H,2-7,9H2,1H3,(H,20,28). The van der Waals surface area contributed by atoms with Crippen molar-refractivity contribution in [2.45, 2.75) is 32.6 Å². The third-order valence-electron chi connectivity index (χ3n) is 4.84. The van der Waals surface area contributed by atoms with Crippen LogP contribution >= 0.6 is 0 Å². The van der Waals surface area contributed by atoms with Gasteiger partial charge in [-0.1, -0.05) is 5.16 Å². The van der Waals surface area contributed by atoms with Gasteiger partial charge >= 0.3 is 0 Å². The minimum atomic E-state index is -0.0702. The number of amides is 1. The van der Waals surface area contributed by atoms with Crippen LogP contribution in [0.3, 0.4) is 0 Å². The van der Waals surface area contributed by atoms with Gasteiger partial charge in [-0.05, 0) is 26.2 Å². The average Bonchev–Trinajstić information content (AvgIpc) is 3.43. The highest BCUT2D eigenvalue weighted by atomic mass is 16.5. The molecule has 3 aromatic rings. The summed E-state index contributed by atoms with van der Waals surface area (Å²) in [7, 11) is 0. The molecule has 1 N–H and O–H groups in total. The van der Waals surface area contributed by atoms with Gasteiger partial charge in [0.05, 0.1) is 5.92 Å². The minimum Gasteiger partial charge on any atom is -0.356 e. The van der Waals surface area contributed by atoms with E-state index in [9.17, 15) is 4.79 Å². The number of nitrogens with zero attached hydrogens (tertiary/aromatic N) is 8. The molecule has 1 fully saturated rings. The number of carbonyl (C=O) groups excluding carboxylic acids is 1. The Bertz CT molecular complexity index is 940. The fourth-order valence-corrected chi connectivity index (χ4v) is 3.40. The summed E-state index contributed by atoms with van der Waals surface area (Å²) in [4.78, 5) is 31.4. The first kappa shape index (κ1) is 19.0. The van der Waals surface area contributed by atoms with Gasteiger partial charge in [0.25, 0.3) is 0 Å². The van der Waals surface area contributed by atoms with Crippen molar-refractivity contribution in [1.82, 2.24) is 40.2 Å². The normalized spacial score (nSPS) is 16.7. The van der Waals surface area contributed by atoms with E-state index in [0.29, 0.717) is 37.0 Å². The number of carbonyl (C=O) groups is 1. The van der Waals surface area contributed by atoms with E-state index in [1.54, 1.807) is 17.9 Å². The zero-order chi connectivity index (χ0) is 20.1. The molecule has 1 aliphatic rings. The van der Waals surface area contributed by atoms with Crippen LogP contribution in [0.4, 0.5) is 5.82 Å². The van der Waals surface area contributed by atoms with Gasteiger partial charge in [-0.25, -0.2) is 19.6 Å². The quantitative estimate of drug-likeness (QED) is 0.573. The fourth-order valence-electron chi connectivity index (χ4n) is 3.40. The molecule has 0 aromatic carbocycles. The number of anilines is 1. The molecular formula is C18H23N9O2. The van der Waals surface area contributed by atoms with Gasteiger partial charge in [-0.2, -0.15) is 10.1 Å². The molecule has 4 heterocycles. The maximum Gasteiger partial charge on any atom is 0.226 e. The second-order valence-corrected chi connectivity index (χ2v) is 6.99. The van der Waals surface area contributed by atoms with E-state index in [1.807, 2.05) is 6.07 Å². The minimum absolute atomic E-state index is 0.0702. The highest BCUT2D eigenvalue weighted by molar-refractivity contribution is 5.79. The lowest BCUT2D eigenvalue weighted by molar-refractivity contribution is -0.125. The van der Waals surface area contributed by atoms with Crippen LogP contribution in [0.15, 0.2) is 29.6 Å². The second kappa shape index (κ2) is 8.76. The number of rotatable bonds is 7. The number of aromatic nitrogens is 7. The first-order valence-corrected chi connectivity index (χ1v) is 9.68. The summed E-state index contributed by atoms with van der Waals surface area (Å²) in [5.74, 6) is 2.67. The largest absolute Gasteiger partial charge is 0.356 e. The topological polar surface area (TPSA) is 128 Å². The highest BCUT2D eigenvalue weighted by Crippen LogP contribution is 2.22. The van der Waals surface area contributed by atoms with Crippen molar-refractivity contribution in [3.63, 3.8) is 0 Å². The van der Waals surface area contributed by atoms with Gasteiger partial charge in [0.1, 0.15) is 24.8 Å². The lowest BCUT2D eigenvalue weighted by Crippen LogP contribution is -2.43. The van der Waals surface area contributed by atoms with Gasteiger partial charge in [0, 0.05) is 32.1 Å². The number of hydrogen-bond donors (Lipinski definition) is 1. The van der Waals surface area contributed by atoms with Crippen molar-refractivity contribution in [1.29, 1.82) is 0 Å². The zero-order valence-corrected chi connectivity index (χ0v) is 16.2. The van der Waals surface area contributed by atoms with Crippen LogP contribution in [0.5, 0.6) is 0 Å². The Balaban J connectivity index is 1.30. The molecule has 1 saturated heterocycles. The molecule has 3 aromatic heterocycles. The van der Waals surface area contributed by atoms with Gasteiger partial charge in [-0.3, -0.25) is 4.79 Å². The molecule has 0 saturated carbocycles. The van der Waals surface area contributed by atoms with Crippen LogP contribution in [-0.4, -0.2) is 60.4 Å². The van der Waals surface area contributed by atoms with Crippen molar-refractivity contribution in [3.05, 3.63) is 36.8 Å². The molecule has 0 aliphatic carbocycles. The molecule has 11 heteroatoms. The van der Waals surface area contributed by atoms with Crippen LogP contribution in [0.1, 0.15) is 31.0 Å². The first-order valence-electron chi connectivity index (χ1n) is 9.68. The summed E-state index contributed by atoms with van der Waals surface area (Å²) in [6, 6.07) is 1.86. The Labute approximate surface area is 167 Å². The zero-order valence-electron chi connectivity index (χ0n) is 16.2. The molecule has 1 aliphatic heterocycles. The molecule has 1 atom stereocenters. The Morgan fingerprint density at radius 1 is 1.31 bits per heavy atom. The van der Waals surface area contributed by atoms with E-state index in [2.05, 4.69) is 40.4 Å². The molecular weight excluding hydrogens is 374 g/mol. The molecule has 152 valence electrons. The van der Waals surface area contributed by atoms with Crippen molar-refractivity contribution in [2.24, 2.45) is 5.92 Å². The summed E-state index contributed by atoms with van der Waals surface area (Å²) in [5, 5.41) is 10.9. The number of piperidine rings is 1. The van der Waals surface area contributed by atoms with Gasteiger partial charge in [0.15, 0.2) is 11.6 Å². The molecule has 11 nitrogen and oxygen atoms in total. The third kappa shape index (κ3) is 4.73. The lowest BCUT2D eigenvalue weighted by Gasteiger charge is -2.32. The predicted octanol–water partition coefficient (Wildman–Crippen LogP) is 0.714. The van der Waals surface area contributed by atoms with Crippen molar-refractivity contribution < 1.29 is 9.32 Å². The van der Waals surface area contributed by atoms with E-state index < -0.39 is 0 Å². The first-order chi connectivity index (χ1) is 14.2. The van der Waals surface area contributed by atoms with Crippen molar-refractivity contribution in [2.75, 3.05) is 24.5 Å². The SMILES string of the molecule is Cc1noc(CCCNC(=O)C2CCCN(c3cc(-n4cncn4)ncn3)C2)n1. The summed E-state index contributed by atoms with van der Waals surface area (Å²) < 4.78 is 6.67. The molecule has 1 amide bonds. The second-order valence-electron chi connectivity index (χ2n) is 6.99. The lowest BCUT2D eigenvalue weighted by atomic mass is 9.97. The summed E-state index contributed by atoms with van der Waals surface area (Å²) in [6.45, 7) is 3.85. The van der Waals surface area contributed by atoms with E-state index >= 15 is 0 Å². The predicted molar refractivity (Wildman–Crippen MR) is 102 cm³/mol. The van der Waals surface area contributed by atoms with Crippen LogP contribution < -0.4 is 10.2 Å². The Morgan fingerprint density at radius 2 is 2.21 bits per heavy atom. The van der Waals surface area contributed by atoms with Crippen molar-refractivity contribution in [3.8, 4) is 5.82 Å². The van der Waals surface area contributed by atoms with E-state index in [4.69, 9.17) is 4.52 Å². The van der Waals surface area contributed by atoms with Crippen LogP contribution in [0.25, 0.3) is 5.82 Å². The molecule has 4 rings (SSSR count). The molecule has 0 radical (unpaired) electrons. The van der Waals surface area contributed by atoms with Gasteiger partial charge in [0.2, 0.25) is 11.8 Å². The van der Waals surface area contributed by atoms with Crippen molar-refractivity contribution >= 4 is 11.7 Å². The number of hydrogen-bond acceptors (Lipinski definition) is 9. The summed E-state index contributed by atoms with van der Waals surface area (Å²) in [5.41, 5.74) is 0. The molecule has 29 heavy (non-hydrogen) atoms. The highest BCUT2D eigenvalue weighted by Gasteiger charge is 2.26. The van der Waals surface area contributed by atoms with Crippen LogP contribution in [0.2, 0.25) is 0 Å². The van der Waals surface area contributed by atoms with Gasteiger partial charge < -0.3 is 14.7 Å². The Kier molecular flexibility index (Phi) is 5.73. The number of nitrogens with one attached hydrogen (secondary N) is 1. The van der Waals surface area contributed by atoms with Crippen LogP contribution in [-0.2, 0) is 11.2 Å². The fraction of sp³-hybridized carbons (Fsp3) is 0.500. The van der Waals surface area contributed by atoms with Crippen LogP contribution in [0, 0.1) is 12.8 Å². The Hall–Kier alpha value is -3.37. The monoisotopic (exact) mass is 397 g/mol. The van der Waals surface area contributed by atoms with E-state index in [0.717, 1.165) is 31.6 Å². The number of aryl methyl sites for hydroxylation is 2.